The number of hydrogen-bond acceptors (Lipinski definition) is 4. The maximum atomic E-state index is 11.7. The highest BCUT2D eigenvalue weighted by Crippen LogP contribution is 2.17. The van der Waals surface area contributed by atoms with Crippen LogP contribution >= 0.6 is 0 Å². The van der Waals surface area contributed by atoms with Gasteiger partial charge in [0.15, 0.2) is 6.61 Å². The molecular weight excluding hydrogens is 268 g/mol. The normalized spacial score (nSPS) is 9.95. The molecule has 2 aromatic rings. The zero-order chi connectivity index (χ0) is 14.9. The van der Waals surface area contributed by atoms with Crippen molar-refractivity contribution in [3.05, 3.63) is 54.4 Å². The Balaban J connectivity index is 1.73. The Morgan fingerprint density at radius 2 is 1.81 bits per heavy atom. The fourth-order valence-corrected chi connectivity index (χ4v) is 1.69. The number of nitrogens with one attached hydrogen (secondary N) is 1. The fraction of sp³-hybridized carbons (Fsp3) is 0.250. The van der Waals surface area contributed by atoms with E-state index in [4.69, 9.17) is 9.47 Å². The summed E-state index contributed by atoms with van der Waals surface area (Å²) in [6.45, 7) is 2.92. The third-order valence-electron chi connectivity index (χ3n) is 2.70. The molecule has 1 aromatic carbocycles. The Morgan fingerprint density at radius 1 is 1.10 bits per heavy atom. The number of carbonyl (C=O) groups excluding carboxylic acids is 1. The highest BCUT2D eigenvalue weighted by Gasteiger charge is 2.03. The average molecular weight is 286 g/mol. The average Bonchev–Trinajstić information content (AvgIpc) is 2.53. The molecule has 5 nitrogen and oxygen atoms in total. The summed E-state index contributed by atoms with van der Waals surface area (Å²) in [6, 6.07) is 12.7. The van der Waals surface area contributed by atoms with Gasteiger partial charge in [0.25, 0.3) is 5.91 Å². The third kappa shape index (κ3) is 5.14. The van der Waals surface area contributed by atoms with Crippen LogP contribution in [0, 0.1) is 0 Å². The third-order valence-corrected chi connectivity index (χ3v) is 2.70. The summed E-state index contributed by atoms with van der Waals surface area (Å²) in [4.78, 5) is 15.8. The minimum Gasteiger partial charge on any atom is -0.494 e. The molecule has 2 rings (SSSR count). The van der Waals surface area contributed by atoms with Gasteiger partial charge in [-0.1, -0.05) is 6.07 Å². The molecule has 0 saturated carbocycles. The standard InChI is InChI=1S/C16H18N2O3/c1-2-20-14-6-8-15(9-7-14)21-12-16(19)18-11-13-5-3-4-10-17-13/h3-10H,2,11-12H2,1H3,(H,18,19). The number of rotatable bonds is 7. The molecule has 21 heavy (non-hydrogen) atoms. The van der Waals surface area contributed by atoms with E-state index in [9.17, 15) is 4.79 Å². The highest BCUT2D eigenvalue weighted by molar-refractivity contribution is 5.77. The lowest BCUT2D eigenvalue weighted by atomic mass is 10.3. The molecule has 0 unspecified atom stereocenters. The maximum Gasteiger partial charge on any atom is 0.258 e. The quantitative estimate of drug-likeness (QED) is 0.847. The topological polar surface area (TPSA) is 60.5 Å². The van der Waals surface area contributed by atoms with Crippen LogP contribution in [-0.2, 0) is 11.3 Å². The Hall–Kier alpha value is -2.56. The Bertz CT molecular complexity index is 555. The van der Waals surface area contributed by atoms with Crippen molar-refractivity contribution in [2.75, 3.05) is 13.2 Å². The van der Waals surface area contributed by atoms with Crippen LogP contribution in [0.15, 0.2) is 48.7 Å². The first-order valence-electron chi connectivity index (χ1n) is 6.80. The molecule has 1 N–H and O–H groups in total. The van der Waals surface area contributed by atoms with Crippen LogP contribution in [0.1, 0.15) is 12.6 Å². The molecule has 0 atom stereocenters. The van der Waals surface area contributed by atoms with Gasteiger partial charge in [-0.2, -0.15) is 0 Å². The molecule has 110 valence electrons. The second-order valence-electron chi connectivity index (χ2n) is 4.29. The van der Waals surface area contributed by atoms with E-state index in [2.05, 4.69) is 10.3 Å². The van der Waals surface area contributed by atoms with Crippen LogP contribution < -0.4 is 14.8 Å². The van der Waals surface area contributed by atoms with Crippen LogP contribution in [-0.4, -0.2) is 24.1 Å². The Kier molecular flexibility index (Phi) is 5.58. The smallest absolute Gasteiger partial charge is 0.258 e. The first-order valence-corrected chi connectivity index (χ1v) is 6.80. The molecule has 0 radical (unpaired) electrons. The van der Waals surface area contributed by atoms with Gasteiger partial charge < -0.3 is 14.8 Å². The fourth-order valence-electron chi connectivity index (χ4n) is 1.69. The molecule has 0 fully saturated rings. The molecule has 1 amide bonds. The zero-order valence-corrected chi connectivity index (χ0v) is 11.9. The van der Waals surface area contributed by atoms with Gasteiger partial charge in [0, 0.05) is 6.20 Å². The Morgan fingerprint density at radius 3 is 2.43 bits per heavy atom. The molecule has 5 heteroatoms. The highest BCUT2D eigenvalue weighted by atomic mass is 16.5. The van der Waals surface area contributed by atoms with Crippen LogP contribution in [0.5, 0.6) is 11.5 Å². The molecule has 0 saturated heterocycles. The molecule has 1 aromatic heterocycles. The van der Waals surface area contributed by atoms with Crippen LogP contribution in [0.25, 0.3) is 0 Å². The van der Waals surface area contributed by atoms with Gasteiger partial charge >= 0.3 is 0 Å². The van der Waals surface area contributed by atoms with Crippen molar-refractivity contribution in [2.45, 2.75) is 13.5 Å². The first kappa shape index (κ1) is 14.8. The van der Waals surface area contributed by atoms with Gasteiger partial charge in [0.2, 0.25) is 0 Å². The first-order chi connectivity index (χ1) is 10.3. The van der Waals surface area contributed by atoms with E-state index in [1.165, 1.54) is 0 Å². The largest absolute Gasteiger partial charge is 0.494 e. The minimum absolute atomic E-state index is 0.0270. The second kappa shape index (κ2) is 7.89. The van der Waals surface area contributed by atoms with Gasteiger partial charge in [0.05, 0.1) is 18.8 Å². The molecule has 0 aliphatic rings. The molecule has 0 bridgehead atoms. The lowest BCUT2D eigenvalue weighted by Gasteiger charge is -2.08. The maximum absolute atomic E-state index is 11.7. The molecule has 0 aliphatic heterocycles. The number of nitrogens with zero attached hydrogens (tertiary/aromatic N) is 1. The lowest BCUT2D eigenvalue weighted by Crippen LogP contribution is -2.28. The van der Waals surface area contributed by atoms with E-state index in [1.54, 1.807) is 18.3 Å². The van der Waals surface area contributed by atoms with Crippen molar-refractivity contribution in [2.24, 2.45) is 0 Å². The predicted octanol–water partition coefficient (Wildman–Crippen LogP) is 2.18. The van der Waals surface area contributed by atoms with Crippen LogP contribution in [0.2, 0.25) is 0 Å². The van der Waals surface area contributed by atoms with Crippen LogP contribution in [0.3, 0.4) is 0 Å². The van der Waals surface area contributed by atoms with Gasteiger partial charge in [-0.15, -0.1) is 0 Å². The summed E-state index contributed by atoms with van der Waals surface area (Å²) >= 11 is 0. The summed E-state index contributed by atoms with van der Waals surface area (Å²) < 4.78 is 10.7. The lowest BCUT2D eigenvalue weighted by molar-refractivity contribution is -0.123. The number of pyridine rings is 1. The minimum atomic E-state index is -0.186. The van der Waals surface area contributed by atoms with E-state index in [0.717, 1.165) is 11.4 Å². The number of benzene rings is 1. The number of ether oxygens (including phenoxy) is 2. The molecule has 0 aliphatic carbocycles. The van der Waals surface area contributed by atoms with Crippen molar-refractivity contribution < 1.29 is 14.3 Å². The van der Waals surface area contributed by atoms with Gasteiger partial charge in [0.1, 0.15) is 11.5 Å². The van der Waals surface area contributed by atoms with Gasteiger partial charge in [-0.25, -0.2) is 0 Å². The molecular formula is C16H18N2O3. The van der Waals surface area contributed by atoms with Crippen molar-refractivity contribution in [3.8, 4) is 11.5 Å². The van der Waals surface area contributed by atoms with Gasteiger partial charge in [-0.05, 0) is 43.3 Å². The van der Waals surface area contributed by atoms with E-state index < -0.39 is 0 Å². The predicted molar refractivity (Wildman–Crippen MR) is 79.2 cm³/mol. The van der Waals surface area contributed by atoms with E-state index in [1.807, 2.05) is 37.3 Å². The molecule has 0 spiro atoms. The SMILES string of the molecule is CCOc1ccc(OCC(=O)NCc2ccccn2)cc1. The number of aromatic nitrogens is 1. The Labute approximate surface area is 123 Å². The molecule has 1 heterocycles. The van der Waals surface area contributed by atoms with E-state index in [0.29, 0.717) is 18.9 Å². The monoisotopic (exact) mass is 286 g/mol. The van der Waals surface area contributed by atoms with Crippen molar-refractivity contribution in [1.82, 2.24) is 10.3 Å². The summed E-state index contributed by atoms with van der Waals surface area (Å²) in [5.74, 6) is 1.23. The summed E-state index contributed by atoms with van der Waals surface area (Å²) in [7, 11) is 0. The van der Waals surface area contributed by atoms with Crippen LogP contribution in [0.4, 0.5) is 0 Å². The van der Waals surface area contributed by atoms with E-state index in [-0.39, 0.29) is 12.5 Å². The summed E-state index contributed by atoms with van der Waals surface area (Å²) in [6.07, 6.45) is 1.69. The van der Waals surface area contributed by atoms with Crippen molar-refractivity contribution in [3.63, 3.8) is 0 Å². The number of carbonyl (C=O) groups is 1. The zero-order valence-electron chi connectivity index (χ0n) is 11.9. The second-order valence-corrected chi connectivity index (χ2v) is 4.29. The van der Waals surface area contributed by atoms with Gasteiger partial charge in [-0.3, -0.25) is 9.78 Å². The van der Waals surface area contributed by atoms with E-state index >= 15 is 0 Å². The number of amides is 1. The summed E-state index contributed by atoms with van der Waals surface area (Å²) in [5.41, 5.74) is 0.812. The summed E-state index contributed by atoms with van der Waals surface area (Å²) in [5, 5.41) is 2.75. The number of hydrogen-bond donors (Lipinski definition) is 1. The van der Waals surface area contributed by atoms with Crippen molar-refractivity contribution in [1.29, 1.82) is 0 Å². The van der Waals surface area contributed by atoms with Crippen molar-refractivity contribution >= 4 is 5.91 Å².